The highest BCUT2D eigenvalue weighted by molar-refractivity contribution is 6.23. The average molecular weight is 679 g/mol. The number of hydrogen-bond donors (Lipinski definition) is 5. The van der Waals surface area contributed by atoms with Gasteiger partial charge in [-0.25, -0.2) is 0 Å². The summed E-state index contributed by atoms with van der Waals surface area (Å²) in [5, 5.41) is 60.8. The van der Waals surface area contributed by atoms with E-state index in [0.29, 0.717) is 16.3 Å². The Morgan fingerprint density at radius 3 is 1.65 bits per heavy atom. The summed E-state index contributed by atoms with van der Waals surface area (Å²) < 4.78 is 0. The molecule has 8 aromatic carbocycles. The summed E-state index contributed by atoms with van der Waals surface area (Å²) >= 11 is 0. The maximum absolute atomic E-state index is 11.1. The van der Waals surface area contributed by atoms with Crippen molar-refractivity contribution in [3.63, 3.8) is 0 Å². The molecule has 0 saturated heterocycles. The third-order valence-corrected chi connectivity index (χ3v) is 9.79. The third kappa shape index (κ3) is 5.36. The van der Waals surface area contributed by atoms with Crippen molar-refractivity contribution in [2.24, 2.45) is 0 Å². The van der Waals surface area contributed by atoms with Gasteiger partial charge in [-0.3, -0.25) is 0 Å². The maximum Gasteiger partial charge on any atom is 0.208 e. The first-order valence-corrected chi connectivity index (χ1v) is 17.0. The van der Waals surface area contributed by atoms with E-state index >= 15 is 0 Å². The number of benzene rings is 8. The van der Waals surface area contributed by atoms with E-state index in [0.717, 1.165) is 49.4 Å². The van der Waals surface area contributed by atoms with Gasteiger partial charge in [0.2, 0.25) is 17.2 Å². The topological polar surface area (TPSA) is 101 Å². The van der Waals surface area contributed by atoms with Crippen molar-refractivity contribution in [1.82, 2.24) is 0 Å². The maximum atomic E-state index is 11.1. The molecule has 0 atom stereocenters. The molecule has 5 nitrogen and oxygen atoms in total. The zero-order valence-electron chi connectivity index (χ0n) is 28.2. The predicted octanol–water partition coefficient (Wildman–Crippen LogP) is 9.97. The molecule has 0 radical (unpaired) electrons. The molecular formula is C47H34O5. The quantitative estimate of drug-likeness (QED) is 0.0709. The third-order valence-electron chi connectivity index (χ3n) is 9.79. The molecule has 8 aromatic rings. The summed E-state index contributed by atoms with van der Waals surface area (Å²) in [5.41, 5.74) is 5.44. The van der Waals surface area contributed by atoms with E-state index in [1.807, 2.05) is 67.6 Å². The van der Waals surface area contributed by atoms with Crippen LogP contribution in [-0.2, 0) is 0 Å². The minimum absolute atomic E-state index is 0.174. The highest BCUT2D eigenvalue weighted by Crippen LogP contribution is 2.57. The van der Waals surface area contributed by atoms with Gasteiger partial charge < -0.3 is 25.5 Å². The van der Waals surface area contributed by atoms with Crippen LogP contribution in [0.5, 0.6) is 28.7 Å². The predicted molar refractivity (Wildman–Crippen MR) is 213 cm³/mol. The van der Waals surface area contributed by atoms with Gasteiger partial charge in [-0.1, -0.05) is 146 Å². The lowest BCUT2D eigenvalue weighted by atomic mass is 9.84. The fourth-order valence-corrected chi connectivity index (χ4v) is 7.31. The molecule has 0 amide bonds. The summed E-state index contributed by atoms with van der Waals surface area (Å²) in [4.78, 5) is 0. The van der Waals surface area contributed by atoms with Crippen LogP contribution in [0.1, 0.15) is 12.5 Å². The molecule has 0 fully saturated rings. The van der Waals surface area contributed by atoms with Crippen LogP contribution in [0.4, 0.5) is 0 Å². The molecule has 5 N–H and O–H groups in total. The fraction of sp³-hybridized carbons (Fsp3) is 0.0213. The van der Waals surface area contributed by atoms with E-state index < -0.39 is 28.7 Å². The largest absolute Gasteiger partial charge is 0.504 e. The summed E-state index contributed by atoms with van der Waals surface area (Å²) in [6.07, 6.45) is 8.44. The summed E-state index contributed by atoms with van der Waals surface area (Å²) in [6.45, 7) is 2.05. The number of phenols is 5. The molecule has 0 heterocycles. The molecule has 252 valence electrons. The Kier molecular flexibility index (Phi) is 8.09. The second-order valence-electron chi connectivity index (χ2n) is 12.8. The Morgan fingerprint density at radius 1 is 0.423 bits per heavy atom. The molecule has 5 heteroatoms. The number of hydrogen-bond acceptors (Lipinski definition) is 5. The van der Waals surface area contributed by atoms with Crippen LogP contribution >= 0.6 is 0 Å². The van der Waals surface area contributed by atoms with Crippen LogP contribution in [0, 0.1) is 0 Å². The van der Waals surface area contributed by atoms with Crippen molar-refractivity contribution in [1.29, 1.82) is 0 Å². The van der Waals surface area contributed by atoms with Crippen LogP contribution in [0.25, 0.3) is 83.9 Å². The lowest BCUT2D eigenvalue weighted by molar-refractivity contribution is 0.330. The monoisotopic (exact) mass is 678 g/mol. The van der Waals surface area contributed by atoms with Crippen molar-refractivity contribution in [3.05, 3.63) is 156 Å². The second-order valence-corrected chi connectivity index (χ2v) is 12.8. The van der Waals surface area contributed by atoms with Gasteiger partial charge in [0.15, 0.2) is 11.5 Å². The number of phenolic OH excluding ortho intramolecular Hbond substituents is 5. The smallest absolute Gasteiger partial charge is 0.208 e. The first-order chi connectivity index (χ1) is 25.4. The van der Waals surface area contributed by atoms with Gasteiger partial charge in [-0.15, -0.1) is 0 Å². The second kappa shape index (κ2) is 13.0. The zero-order valence-corrected chi connectivity index (χ0v) is 28.2. The number of fused-ring (bicyclic) bond motifs is 3. The Bertz CT molecular complexity index is 2780. The van der Waals surface area contributed by atoms with Gasteiger partial charge in [0, 0.05) is 5.56 Å². The zero-order chi connectivity index (χ0) is 35.9. The minimum Gasteiger partial charge on any atom is -0.504 e. The summed E-state index contributed by atoms with van der Waals surface area (Å²) in [5.74, 6) is -4.28. The van der Waals surface area contributed by atoms with E-state index in [1.165, 1.54) is 10.4 Å². The molecule has 0 bridgehead atoms. The minimum atomic E-state index is -0.993. The molecule has 0 aliphatic carbocycles. The van der Waals surface area contributed by atoms with Gasteiger partial charge in [0.25, 0.3) is 0 Å². The highest BCUT2D eigenvalue weighted by Gasteiger charge is 2.28. The van der Waals surface area contributed by atoms with Gasteiger partial charge in [0.05, 0.1) is 5.56 Å². The average Bonchev–Trinajstić information content (AvgIpc) is 3.19. The molecule has 0 aliphatic heterocycles. The molecule has 0 aliphatic rings. The molecule has 52 heavy (non-hydrogen) atoms. The first kappa shape index (κ1) is 32.2. The normalized spacial score (nSPS) is 12.5. The summed E-state index contributed by atoms with van der Waals surface area (Å²) in [7, 11) is 0. The van der Waals surface area contributed by atoms with Crippen LogP contribution in [0.2, 0.25) is 0 Å². The van der Waals surface area contributed by atoms with E-state index in [2.05, 4.69) is 97.1 Å². The van der Waals surface area contributed by atoms with Gasteiger partial charge in [-0.05, 0) is 89.6 Å². The van der Waals surface area contributed by atoms with Gasteiger partial charge in [0.1, 0.15) is 0 Å². The molecule has 8 rings (SSSR count). The number of rotatable bonds is 5. The van der Waals surface area contributed by atoms with E-state index in [-0.39, 0.29) is 5.56 Å². The standard InChI is InChI=1S/C47H34O5/c1-2-29-14-3-4-15-30(29)16-9-12-28-13-10-18-32(26-28)34-23-11-17-31-24-25-33(27-39(31)34)40-35-19-5-7-21-37(35)41(38-22-8-6-20-36(38)40)42-43(48)45(50)47(52)46(51)44(42)49/h2-27,48-52H,1H3/b12-9+,29-2-,30-16-. The molecule has 0 unspecified atom stereocenters. The Morgan fingerprint density at radius 2 is 1.00 bits per heavy atom. The lowest BCUT2D eigenvalue weighted by Gasteiger charge is -2.20. The van der Waals surface area contributed by atoms with Crippen LogP contribution in [0.3, 0.4) is 0 Å². The lowest BCUT2D eigenvalue weighted by Crippen LogP contribution is -2.22. The Hall–Kier alpha value is -6.98. The Labute approximate surface area is 299 Å². The summed E-state index contributed by atoms with van der Waals surface area (Å²) in [6, 6.07) is 44.9. The van der Waals surface area contributed by atoms with E-state index in [1.54, 1.807) is 0 Å². The molecule has 0 saturated carbocycles. The molecule has 0 spiro atoms. The van der Waals surface area contributed by atoms with Crippen LogP contribution in [-0.4, -0.2) is 25.5 Å². The number of aromatic hydroxyl groups is 5. The van der Waals surface area contributed by atoms with Crippen molar-refractivity contribution < 1.29 is 25.5 Å². The molecular weight excluding hydrogens is 645 g/mol. The van der Waals surface area contributed by atoms with E-state index in [4.69, 9.17) is 0 Å². The Balaban J connectivity index is 1.32. The first-order valence-electron chi connectivity index (χ1n) is 17.0. The van der Waals surface area contributed by atoms with E-state index in [9.17, 15) is 25.5 Å². The highest BCUT2D eigenvalue weighted by atomic mass is 16.4. The van der Waals surface area contributed by atoms with Crippen molar-refractivity contribution in [2.45, 2.75) is 6.92 Å². The fourth-order valence-electron chi connectivity index (χ4n) is 7.31. The van der Waals surface area contributed by atoms with Crippen molar-refractivity contribution in [2.75, 3.05) is 0 Å². The van der Waals surface area contributed by atoms with Gasteiger partial charge >= 0.3 is 0 Å². The van der Waals surface area contributed by atoms with Crippen LogP contribution in [0.15, 0.2) is 140 Å². The van der Waals surface area contributed by atoms with Crippen molar-refractivity contribution in [3.8, 4) is 62.1 Å². The molecule has 0 aromatic heterocycles. The number of allylic oxidation sites excluding steroid dienone is 1. The SMILES string of the molecule is C/C=c1/cccc/c1=C/C=C/c1cccc(-c2cccc3ccc(-c4c5ccccc5c(-c5c(O)c(O)c(O)c(O)c5O)c5ccccc45)cc23)c1. The van der Waals surface area contributed by atoms with Crippen LogP contribution < -0.4 is 10.4 Å². The van der Waals surface area contributed by atoms with Gasteiger partial charge in [-0.2, -0.15) is 0 Å². The van der Waals surface area contributed by atoms with Crippen molar-refractivity contribution >= 4 is 50.5 Å².